The minimum absolute atomic E-state index is 0.336. The minimum Gasteiger partial charge on any atom is -0.494 e. The fourth-order valence-corrected chi connectivity index (χ4v) is 7.58. The highest BCUT2D eigenvalue weighted by atomic mass is 28.2. The smallest absolute Gasteiger partial charge is 0.119 e. The first-order chi connectivity index (χ1) is 19.3. The second-order valence-electron chi connectivity index (χ2n) is 10.4. The molecule has 0 N–H and O–H groups in total. The van der Waals surface area contributed by atoms with Gasteiger partial charge in [0.1, 0.15) is 11.5 Å². The van der Waals surface area contributed by atoms with Gasteiger partial charge in [0, 0.05) is 12.4 Å². The van der Waals surface area contributed by atoms with Gasteiger partial charge < -0.3 is 14.0 Å². The van der Waals surface area contributed by atoms with Crippen molar-refractivity contribution >= 4 is 14.7 Å². The highest BCUT2D eigenvalue weighted by Gasteiger charge is 2.37. The van der Waals surface area contributed by atoms with Crippen LogP contribution in [0.15, 0.2) is 97.6 Å². The molecule has 4 rings (SSSR count). The van der Waals surface area contributed by atoms with Gasteiger partial charge in [0.25, 0.3) is 0 Å². The van der Waals surface area contributed by atoms with Crippen LogP contribution in [0.5, 0.6) is 11.5 Å². The monoisotopic (exact) mass is 540 g/mol. The average Bonchev–Trinajstić information content (AvgIpc) is 3.53. The molecule has 0 aliphatic heterocycles. The van der Waals surface area contributed by atoms with Crippen molar-refractivity contribution < 1.29 is 9.47 Å². The van der Waals surface area contributed by atoms with Gasteiger partial charge in [-0.05, 0) is 48.2 Å². The first kappa shape index (κ1) is 28.7. The van der Waals surface area contributed by atoms with Crippen LogP contribution in [0.2, 0.25) is 0 Å². The molecule has 1 aromatic heterocycles. The van der Waals surface area contributed by atoms with Gasteiger partial charge in [-0.3, -0.25) is 0 Å². The number of hydrogen-bond acceptors (Lipinski definition) is 3. The molecule has 0 saturated heterocycles. The van der Waals surface area contributed by atoms with Gasteiger partial charge in [0.2, 0.25) is 0 Å². The molecule has 0 fully saturated rings. The SMILES string of the molecule is CCCCCCOc1ccc(C([SiH2]c2ccccc2)(c2ccc(OCCCCCC)cc2)n2ccnc2)cc1. The molecule has 0 aliphatic rings. The molecular formula is C34H44N2O2Si. The predicted octanol–water partition coefficient (Wildman–Crippen LogP) is 7.05. The lowest BCUT2D eigenvalue weighted by Gasteiger charge is -2.37. The predicted molar refractivity (Wildman–Crippen MR) is 165 cm³/mol. The third-order valence-electron chi connectivity index (χ3n) is 7.44. The molecule has 0 radical (unpaired) electrons. The zero-order chi connectivity index (χ0) is 27.2. The van der Waals surface area contributed by atoms with E-state index in [9.17, 15) is 0 Å². The summed E-state index contributed by atoms with van der Waals surface area (Å²) in [4.78, 5) is 4.48. The second kappa shape index (κ2) is 15.3. The summed E-state index contributed by atoms with van der Waals surface area (Å²) in [6.07, 6.45) is 15.6. The fraction of sp³-hybridized carbons (Fsp3) is 0.382. The normalized spacial score (nSPS) is 11.7. The van der Waals surface area contributed by atoms with E-state index in [2.05, 4.69) is 108 Å². The quantitative estimate of drug-likeness (QED) is 0.106. The first-order valence-corrected chi connectivity index (χ1v) is 16.2. The van der Waals surface area contributed by atoms with Crippen LogP contribution in [-0.4, -0.2) is 32.3 Å². The molecule has 0 atom stereocenters. The van der Waals surface area contributed by atoms with Crippen molar-refractivity contribution in [3.05, 3.63) is 109 Å². The number of unbranched alkanes of at least 4 members (excludes halogenated alkanes) is 6. The Morgan fingerprint density at radius 3 is 1.67 bits per heavy atom. The Hall–Kier alpha value is -3.31. The Morgan fingerprint density at radius 1 is 0.667 bits per heavy atom. The summed E-state index contributed by atoms with van der Waals surface area (Å²) in [6, 6.07) is 28.4. The molecule has 4 aromatic rings. The van der Waals surface area contributed by atoms with Crippen molar-refractivity contribution in [1.82, 2.24) is 9.55 Å². The summed E-state index contributed by atoms with van der Waals surface area (Å²) in [5, 5.41) is 1.07. The number of nitrogens with zero attached hydrogens (tertiary/aromatic N) is 2. The molecular weight excluding hydrogens is 496 g/mol. The van der Waals surface area contributed by atoms with Gasteiger partial charge >= 0.3 is 0 Å². The number of rotatable bonds is 17. The largest absolute Gasteiger partial charge is 0.494 e. The highest BCUT2D eigenvalue weighted by Crippen LogP contribution is 2.35. The first-order valence-electron chi connectivity index (χ1n) is 14.8. The Balaban J connectivity index is 1.64. The molecule has 1 heterocycles. The molecule has 0 aliphatic carbocycles. The maximum atomic E-state index is 6.09. The molecule has 39 heavy (non-hydrogen) atoms. The third kappa shape index (κ3) is 7.86. The summed E-state index contributed by atoms with van der Waals surface area (Å²) in [5.41, 5.74) is 2.50. The molecule has 3 aromatic carbocycles. The number of hydrogen-bond donors (Lipinski definition) is 0. The lowest BCUT2D eigenvalue weighted by molar-refractivity contribution is 0.305. The van der Waals surface area contributed by atoms with E-state index in [-0.39, 0.29) is 5.16 Å². The van der Waals surface area contributed by atoms with Crippen LogP contribution in [0.1, 0.15) is 76.3 Å². The molecule has 0 bridgehead atoms. The standard InChI is InChI=1S/C34H44N2O2Si/c1-3-5-7-12-26-37-31-20-16-29(17-21-31)34(36-25-24-35-28-36,39-33-14-10-9-11-15-33)30-18-22-32(23-19-30)38-27-13-8-6-4-2/h9-11,14-25,28H,3-8,12-13,26-27,39H2,1-2H3. The van der Waals surface area contributed by atoms with E-state index in [1.165, 1.54) is 54.8 Å². The maximum absolute atomic E-state index is 6.09. The van der Waals surface area contributed by atoms with Crippen LogP contribution in [-0.2, 0) is 5.16 Å². The lowest BCUT2D eigenvalue weighted by Crippen LogP contribution is -2.46. The highest BCUT2D eigenvalue weighted by molar-refractivity contribution is 6.57. The van der Waals surface area contributed by atoms with E-state index >= 15 is 0 Å². The topological polar surface area (TPSA) is 36.3 Å². The summed E-state index contributed by atoms with van der Waals surface area (Å²) >= 11 is 0. The van der Waals surface area contributed by atoms with Crippen LogP contribution in [0, 0.1) is 0 Å². The molecule has 0 unspecified atom stereocenters. The van der Waals surface area contributed by atoms with Crippen LogP contribution in [0.25, 0.3) is 0 Å². The van der Waals surface area contributed by atoms with E-state index in [1.807, 2.05) is 12.5 Å². The van der Waals surface area contributed by atoms with Gasteiger partial charge in [0.15, 0.2) is 0 Å². The van der Waals surface area contributed by atoms with E-state index in [0.717, 1.165) is 37.6 Å². The third-order valence-corrected chi connectivity index (χ3v) is 10.0. The molecule has 0 spiro atoms. The Kier molecular flexibility index (Phi) is 11.3. The van der Waals surface area contributed by atoms with Gasteiger partial charge in [-0.1, -0.05) is 112 Å². The summed E-state index contributed by atoms with van der Waals surface area (Å²) in [5.74, 6) is 1.87. The Morgan fingerprint density at radius 2 is 1.21 bits per heavy atom. The molecule has 4 nitrogen and oxygen atoms in total. The number of benzene rings is 3. The summed E-state index contributed by atoms with van der Waals surface area (Å²) in [6.45, 7) is 6.01. The average molecular weight is 541 g/mol. The summed E-state index contributed by atoms with van der Waals surface area (Å²) in [7, 11) is -0.904. The van der Waals surface area contributed by atoms with Crippen molar-refractivity contribution in [2.45, 2.75) is 70.4 Å². The van der Waals surface area contributed by atoms with Crippen LogP contribution in [0.3, 0.4) is 0 Å². The zero-order valence-electron chi connectivity index (χ0n) is 23.7. The Bertz CT molecular complexity index is 1130. The molecule has 0 saturated carbocycles. The van der Waals surface area contributed by atoms with E-state index in [0.29, 0.717) is 0 Å². The minimum atomic E-state index is -0.904. The van der Waals surface area contributed by atoms with Crippen molar-refractivity contribution in [3.63, 3.8) is 0 Å². The number of aromatic nitrogens is 2. The zero-order valence-corrected chi connectivity index (χ0v) is 25.1. The number of imidazole rings is 1. The van der Waals surface area contributed by atoms with Crippen LogP contribution < -0.4 is 14.7 Å². The molecule has 5 heteroatoms. The maximum Gasteiger partial charge on any atom is 0.119 e. The fourth-order valence-electron chi connectivity index (χ4n) is 5.23. The van der Waals surface area contributed by atoms with Gasteiger partial charge in [-0.2, -0.15) is 0 Å². The van der Waals surface area contributed by atoms with E-state index in [1.54, 1.807) is 0 Å². The Labute approximate surface area is 237 Å². The van der Waals surface area contributed by atoms with Gasteiger partial charge in [-0.15, -0.1) is 0 Å². The van der Waals surface area contributed by atoms with Crippen molar-refractivity contribution in [1.29, 1.82) is 0 Å². The molecule has 206 valence electrons. The van der Waals surface area contributed by atoms with Crippen LogP contribution >= 0.6 is 0 Å². The van der Waals surface area contributed by atoms with E-state index < -0.39 is 9.52 Å². The van der Waals surface area contributed by atoms with Crippen molar-refractivity contribution in [2.75, 3.05) is 13.2 Å². The van der Waals surface area contributed by atoms with E-state index in [4.69, 9.17) is 9.47 Å². The number of ether oxygens (including phenoxy) is 2. The summed E-state index contributed by atoms with van der Waals surface area (Å²) < 4.78 is 14.5. The van der Waals surface area contributed by atoms with Gasteiger partial charge in [-0.25, -0.2) is 4.98 Å². The van der Waals surface area contributed by atoms with Crippen molar-refractivity contribution in [2.24, 2.45) is 0 Å². The van der Waals surface area contributed by atoms with Crippen molar-refractivity contribution in [3.8, 4) is 11.5 Å². The molecule has 0 amide bonds. The van der Waals surface area contributed by atoms with Crippen LogP contribution in [0.4, 0.5) is 0 Å². The van der Waals surface area contributed by atoms with Gasteiger partial charge in [0.05, 0.1) is 34.2 Å². The lowest BCUT2D eigenvalue weighted by atomic mass is 9.97. The second-order valence-corrected chi connectivity index (χ2v) is 12.6.